The fraction of sp³-hybridized carbons (Fsp3) is 0.350. The molecule has 0 aliphatic heterocycles. The van der Waals surface area contributed by atoms with E-state index < -0.39 is 0 Å². The predicted molar refractivity (Wildman–Crippen MR) is 182 cm³/mol. The van der Waals surface area contributed by atoms with Gasteiger partial charge in [0.05, 0.1) is 11.0 Å². The lowest BCUT2D eigenvalue weighted by atomic mass is 9.89. The normalized spacial score (nSPS) is 17.7. The lowest BCUT2D eigenvalue weighted by Gasteiger charge is -2.17. The maximum Gasteiger partial charge on any atom is 0.0707 e. The molecule has 6 rings (SSSR count). The Hall–Kier alpha value is -3.78. The maximum atomic E-state index is 4.42. The first kappa shape index (κ1) is 29.7. The molecule has 2 fully saturated rings. The Kier molecular flexibility index (Phi) is 10.9. The van der Waals surface area contributed by atoms with E-state index in [4.69, 9.17) is 0 Å². The highest BCUT2D eigenvalue weighted by atomic mass is 14.6. The van der Waals surface area contributed by atoms with Crippen LogP contribution in [0, 0.1) is 11.8 Å². The van der Waals surface area contributed by atoms with E-state index in [1.54, 1.807) is 0 Å². The van der Waals surface area contributed by atoms with E-state index in [1.165, 1.54) is 97.3 Å². The Morgan fingerprint density at radius 3 is 1.38 bits per heavy atom. The molecule has 0 spiro atoms. The quantitative estimate of drug-likeness (QED) is 0.222. The number of hydrogen-bond donors (Lipinski definition) is 0. The third kappa shape index (κ3) is 8.61. The average molecular weight is 555 g/mol. The first-order chi connectivity index (χ1) is 20.7. The van der Waals surface area contributed by atoms with Crippen molar-refractivity contribution >= 4 is 34.0 Å². The molecule has 2 aromatic heterocycles. The van der Waals surface area contributed by atoms with Crippen molar-refractivity contribution in [2.24, 2.45) is 11.8 Å². The van der Waals surface area contributed by atoms with Crippen LogP contribution < -0.4 is 0 Å². The van der Waals surface area contributed by atoms with Crippen LogP contribution in [0.3, 0.4) is 0 Å². The van der Waals surface area contributed by atoms with E-state index in [2.05, 4.69) is 109 Å². The first-order valence-corrected chi connectivity index (χ1v) is 16.1. The summed E-state index contributed by atoms with van der Waals surface area (Å²) in [4.78, 5) is 8.84. The highest BCUT2D eigenvalue weighted by Crippen LogP contribution is 2.27. The lowest BCUT2D eigenvalue weighted by Crippen LogP contribution is -2.02. The van der Waals surface area contributed by atoms with Crippen molar-refractivity contribution < 1.29 is 0 Å². The summed E-state index contributed by atoms with van der Waals surface area (Å²) in [5.41, 5.74) is 7.28. The standard InChI is InChI=1S/2C20H23N/c2*1-16(11-12-17-7-3-2-4-8-17)15-18-13-14-21-20-10-6-5-9-19(18)20/h2*5-6,9-15,17H,2-4,7-8H2,1H3/b2*12-11+,16-15-. The van der Waals surface area contributed by atoms with Gasteiger partial charge in [0.2, 0.25) is 0 Å². The fourth-order valence-electron chi connectivity index (χ4n) is 6.30. The molecular formula is C40H46N2. The number of nitrogens with zero attached hydrogens (tertiary/aromatic N) is 2. The second-order valence-corrected chi connectivity index (χ2v) is 12.1. The van der Waals surface area contributed by atoms with Gasteiger partial charge in [0.15, 0.2) is 0 Å². The van der Waals surface area contributed by atoms with Crippen LogP contribution in [0.25, 0.3) is 34.0 Å². The molecule has 2 heterocycles. The zero-order valence-electron chi connectivity index (χ0n) is 25.5. The number of aromatic nitrogens is 2. The van der Waals surface area contributed by atoms with Crippen LogP contribution in [-0.4, -0.2) is 9.97 Å². The molecule has 0 N–H and O–H groups in total. The summed E-state index contributed by atoms with van der Waals surface area (Å²) in [6.07, 6.45) is 31.6. The van der Waals surface area contributed by atoms with Gasteiger partial charge < -0.3 is 0 Å². The van der Waals surface area contributed by atoms with Crippen molar-refractivity contribution in [1.29, 1.82) is 0 Å². The Bertz CT molecular complexity index is 1430. The van der Waals surface area contributed by atoms with Crippen LogP contribution in [0.5, 0.6) is 0 Å². The maximum absolute atomic E-state index is 4.42. The minimum Gasteiger partial charge on any atom is -0.256 e. The number of pyridine rings is 2. The molecule has 2 aliphatic carbocycles. The molecule has 2 heteroatoms. The Balaban J connectivity index is 0.000000168. The summed E-state index contributed by atoms with van der Waals surface area (Å²) >= 11 is 0. The van der Waals surface area contributed by atoms with Gasteiger partial charge in [0.25, 0.3) is 0 Å². The number of fused-ring (bicyclic) bond motifs is 2. The van der Waals surface area contributed by atoms with E-state index in [-0.39, 0.29) is 0 Å². The van der Waals surface area contributed by atoms with Crippen LogP contribution in [0.2, 0.25) is 0 Å². The molecule has 0 atom stereocenters. The van der Waals surface area contributed by atoms with E-state index in [0.29, 0.717) is 0 Å². The molecule has 2 nitrogen and oxygen atoms in total. The van der Waals surface area contributed by atoms with Crippen LogP contribution in [0.4, 0.5) is 0 Å². The number of hydrogen-bond acceptors (Lipinski definition) is 2. The molecule has 0 radical (unpaired) electrons. The van der Waals surface area contributed by atoms with Gasteiger partial charge in [0.1, 0.15) is 0 Å². The van der Waals surface area contributed by atoms with Gasteiger partial charge in [-0.05, 0) is 86.8 Å². The first-order valence-electron chi connectivity index (χ1n) is 16.1. The van der Waals surface area contributed by atoms with E-state index in [9.17, 15) is 0 Å². The minimum atomic E-state index is 0.788. The van der Waals surface area contributed by atoms with E-state index in [0.717, 1.165) is 22.9 Å². The van der Waals surface area contributed by atoms with Crippen molar-refractivity contribution in [3.8, 4) is 0 Å². The highest BCUT2D eigenvalue weighted by molar-refractivity contribution is 5.89. The number of benzene rings is 2. The Labute approximate surface area is 253 Å². The molecule has 42 heavy (non-hydrogen) atoms. The summed E-state index contributed by atoms with van der Waals surface area (Å²) in [6, 6.07) is 20.9. The predicted octanol–water partition coefficient (Wildman–Crippen LogP) is 11.5. The zero-order chi connectivity index (χ0) is 29.0. The summed E-state index contributed by atoms with van der Waals surface area (Å²) in [6.45, 7) is 4.38. The Morgan fingerprint density at radius 1 is 0.548 bits per heavy atom. The molecule has 2 saturated carbocycles. The van der Waals surface area contributed by atoms with Gasteiger partial charge in [-0.15, -0.1) is 0 Å². The topological polar surface area (TPSA) is 25.8 Å². The summed E-state index contributed by atoms with van der Waals surface area (Å²) < 4.78 is 0. The van der Waals surface area contributed by atoms with Crippen molar-refractivity contribution in [3.63, 3.8) is 0 Å². The van der Waals surface area contributed by atoms with Crippen LogP contribution >= 0.6 is 0 Å². The van der Waals surface area contributed by atoms with Crippen LogP contribution in [0.15, 0.2) is 109 Å². The van der Waals surface area contributed by atoms with Gasteiger partial charge in [-0.2, -0.15) is 0 Å². The van der Waals surface area contributed by atoms with Gasteiger partial charge in [0, 0.05) is 23.2 Å². The SMILES string of the molecule is CC(=C/c1ccnc2ccccc12)/C=C/C1CCCCC1.CC(=C/c1ccnc2ccccc12)/C=C/C1CCCCC1. The van der Waals surface area contributed by atoms with Crippen LogP contribution in [0.1, 0.15) is 89.2 Å². The summed E-state index contributed by atoms with van der Waals surface area (Å²) in [5, 5.41) is 2.45. The fourth-order valence-corrected chi connectivity index (χ4v) is 6.30. The van der Waals surface area contributed by atoms with Gasteiger partial charge in [-0.25, -0.2) is 0 Å². The van der Waals surface area contributed by atoms with Gasteiger partial charge in [-0.1, -0.05) is 123 Å². The number of para-hydroxylation sites is 2. The minimum absolute atomic E-state index is 0.788. The van der Waals surface area contributed by atoms with Gasteiger partial charge in [-0.3, -0.25) is 9.97 Å². The zero-order valence-corrected chi connectivity index (χ0v) is 25.5. The number of rotatable bonds is 6. The average Bonchev–Trinajstić information content (AvgIpc) is 3.04. The van der Waals surface area contributed by atoms with E-state index >= 15 is 0 Å². The van der Waals surface area contributed by atoms with E-state index in [1.807, 2.05) is 24.5 Å². The second kappa shape index (κ2) is 15.4. The second-order valence-electron chi connectivity index (χ2n) is 12.1. The van der Waals surface area contributed by atoms with Crippen molar-refractivity contribution in [2.75, 3.05) is 0 Å². The molecule has 0 bridgehead atoms. The van der Waals surface area contributed by atoms with Crippen molar-refractivity contribution in [3.05, 3.63) is 120 Å². The van der Waals surface area contributed by atoms with Crippen molar-refractivity contribution in [2.45, 2.75) is 78.1 Å². The Morgan fingerprint density at radius 2 is 0.952 bits per heavy atom. The third-order valence-corrected chi connectivity index (χ3v) is 8.69. The van der Waals surface area contributed by atoms with Crippen molar-refractivity contribution in [1.82, 2.24) is 9.97 Å². The summed E-state index contributed by atoms with van der Waals surface area (Å²) in [5.74, 6) is 1.58. The summed E-state index contributed by atoms with van der Waals surface area (Å²) in [7, 11) is 0. The number of allylic oxidation sites excluding steroid dienone is 6. The third-order valence-electron chi connectivity index (χ3n) is 8.69. The molecule has 0 amide bonds. The smallest absolute Gasteiger partial charge is 0.0707 e. The molecule has 2 aromatic carbocycles. The molecule has 216 valence electrons. The van der Waals surface area contributed by atoms with Gasteiger partial charge >= 0.3 is 0 Å². The molecule has 0 unspecified atom stereocenters. The molecule has 4 aromatic rings. The highest BCUT2D eigenvalue weighted by Gasteiger charge is 2.10. The monoisotopic (exact) mass is 554 g/mol. The largest absolute Gasteiger partial charge is 0.256 e. The molecule has 2 aliphatic rings. The van der Waals surface area contributed by atoms with Crippen LogP contribution in [-0.2, 0) is 0 Å². The molecule has 0 saturated heterocycles. The molecular weight excluding hydrogens is 508 g/mol. The lowest BCUT2D eigenvalue weighted by molar-refractivity contribution is 0.419.